The minimum Gasteiger partial charge on any atom is -0.289 e. The van der Waals surface area contributed by atoms with Crippen molar-refractivity contribution in [3.05, 3.63) is 76.9 Å². The molecule has 114 valence electrons. The summed E-state index contributed by atoms with van der Waals surface area (Å²) in [7, 11) is 0. The van der Waals surface area contributed by atoms with Crippen molar-refractivity contribution in [1.82, 2.24) is 0 Å². The largest absolute Gasteiger partial charge is 0.289 e. The third-order valence-corrected chi connectivity index (χ3v) is 3.80. The van der Waals surface area contributed by atoms with Gasteiger partial charge in [0.25, 0.3) is 0 Å². The van der Waals surface area contributed by atoms with Gasteiger partial charge < -0.3 is 0 Å². The molecule has 2 rings (SSSR count). The van der Waals surface area contributed by atoms with Crippen LogP contribution in [-0.2, 0) is 0 Å². The topological polar surface area (TPSA) is 17.1 Å². The highest BCUT2D eigenvalue weighted by Crippen LogP contribution is 2.19. The highest BCUT2D eigenvalue weighted by Gasteiger charge is 2.12. The molecule has 0 radical (unpaired) electrons. The summed E-state index contributed by atoms with van der Waals surface area (Å²) in [4.78, 5) is 12.8. The maximum absolute atomic E-state index is 12.8. The van der Waals surface area contributed by atoms with Gasteiger partial charge in [0.2, 0.25) is 0 Å². The van der Waals surface area contributed by atoms with Crippen LogP contribution < -0.4 is 0 Å². The zero-order valence-electron chi connectivity index (χ0n) is 13.5. The summed E-state index contributed by atoms with van der Waals surface area (Å²) in [5.41, 5.74) is 3.96. The SMILES string of the molecule is CCCCCC(=Cc1ccccc1)C(=O)c1ccc(C)cc1. The summed E-state index contributed by atoms with van der Waals surface area (Å²) in [6, 6.07) is 17.9. The molecule has 0 amide bonds. The fourth-order valence-electron chi connectivity index (χ4n) is 2.46. The van der Waals surface area contributed by atoms with Gasteiger partial charge in [0.15, 0.2) is 5.78 Å². The second-order valence-electron chi connectivity index (χ2n) is 5.73. The Morgan fingerprint density at radius 1 is 0.955 bits per heavy atom. The Labute approximate surface area is 133 Å². The van der Waals surface area contributed by atoms with E-state index in [9.17, 15) is 4.79 Å². The molecular formula is C21H24O. The van der Waals surface area contributed by atoms with E-state index >= 15 is 0 Å². The summed E-state index contributed by atoms with van der Waals surface area (Å²) in [5.74, 6) is 0.153. The molecule has 0 fully saturated rings. The highest BCUT2D eigenvalue weighted by atomic mass is 16.1. The number of benzene rings is 2. The Balaban J connectivity index is 2.25. The van der Waals surface area contributed by atoms with Gasteiger partial charge in [0.1, 0.15) is 0 Å². The van der Waals surface area contributed by atoms with E-state index in [1.165, 1.54) is 5.56 Å². The monoisotopic (exact) mass is 292 g/mol. The molecule has 1 heteroatoms. The molecule has 0 N–H and O–H groups in total. The second kappa shape index (κ2) is 8.33. The Morgan fingerprint density at radius 3 is 2.27 bits per heavy atom. The Bertz CT molecular complexity index is 621. The molecule has 22 heavy (non-hydrogen) atoms. The summed E-state index contributed by atoms with van der Waals surface area (Å²) in [6.45, 7) is 4.22. The number of allylic oxidation sites excluding steroid dienone is 1. The predicted molar refractivity (Wildman–Crippen MR) is 94.1 cm³/mol. The molecule has 0 aliphatic heterocycles. The van der Waals surface area contributed by atoms with Gasteiger partial charge in [0, 0.05) is 11.1 Å². The Kier molecular flexibility index (Phi) is 6.14. The number of unbranched alkanes of at least 4 members (excludes halogenated alkanes) is 2. The van der Waals surface area contributed by atoms with Gasteiger partial charge >= 0.3 is 0 Å². The number of aryl methyl sites for hydroxylation is 1. The van der Waals surface area contributed by atoms with Crippen molar-refractivity contribution in [3.8, 4) is 0 Å². The number of carbonyl (C=O) groups excluding carboxylic acids is 1. The quantitative estimate of drug-likeness (QED) is 0.356. The number of rotatable bonds is 7. The summed E-state index contributed by atoms with van der Waals surface area (Å²) < 4.78 is 0. The molecule has 0 atom stereocenters. The molecule has 0 spiro atoms. The molecule has 0 aliphatic rings. The fourth-order valence-corrected chi connectivity index (χ4v) is 2.46. The number of carbonyl (C=O) groups is 1. The lowest BCUT2D eigenvalue weighted by Crippen LogP contribution is -2.04. The molecule has 1 nitrogen and oxygen atoms in total. The maximum atomic E-state index is 12.8. The van der Waals surface area contributed by atoms with Gasteiger partial charge in [-0.1, -0.05) is 79.9 Å². The van der Waals surface area contributed by atoms with E-state index in [0.29, 0.717) is 0 Å². The summed E-state index contributed by atoms with van der Waals surface area (Å²) >= 11 is 0. The van der Waals surface area contributed by atoms with Gasteiger partial charge in [-0.05, 0) is 31.4 Å². The van der Waals surface area contributed by atoms with E-state index in [4.69, 9.17) is 0 Å². The standard InChI is InChI=1S/C21H24O/c1-3-4-6-11-20(16-18-9-7-5-8-10-18)21(22)19-14-12-17(2)13-15-19/h5,7-10,12-16H,3-4,6,11H2,1-2H3. The maximum Gasteiger partial charge on any atom is 0.189 e. The van der Waals surface area contributed by atoms with Crippen LogP contribution in [0.1, 0.15) is 54.1 Å². The lowest BCUT2D eigenvalue weighted by atomic mass is 9.96. The van der Waals surface area contributed by atoms with Crippen LogP contribution in [0, 0.1) is 6.92 Å². The van der Waals surface area contributed by atoms with Crippen LogP contribution in [0.2, 0.25) is 0 Å². The van der Waals surface area contributed by atoms with Gasteiger partial charge in [-0.15, -0.1) is 0 Å². The van der Waals surface area contributed by atoms with E-state index < -0.39 is 0 Å². The highest BCUT2D eigenvalue weighted by molar-refractivity contribution is 6.11. The minimum absolute atomic E-state index is 0.153. The van der Waals surface area contributed by atoms with E-state index in [1.54, 1.807) is 0 Å². The van der Waals surface area contributed by atoms with Gasteiger partial charge in [-0.25, -0.2) is 0 Å². The Morgan fingerprint density at radius 2 is 1.64 bits per heavy atom. The smallest absolute Gasteiger partial charge is 0.189 e. The van der Waals surface area contributed by atoms with Crippen molar-refractivity contribution in [1.29, 1.82) is 0 Å². The summed E-state index contributed by atoms with van der Waals surface area (Å²) in [5, 5.41) is 0. The molecule has 2 aromatic rings. The molecule has 0 aromatic heterocycles. The average molecular weight is 292 g/mol. The second-order valence-corrected chi connectivity index (χ2v) is 5.73. The zero-order valence-corrected chi connectivity index (χ0v) is 13.5. The van der Waals surface area contributed by atoms with E-state index in [1.807, 2.05) is 67.6 Å². The third kappa shape index (κ3) is 4.70. The van der Waals surface area contributed by atoms with Crippen LogP contribution in [-0.4, -0.2) is 5.78 Å². The predicted octanol–water partition coefficient (Wildman–Crippen LogP) is 5.84. The molecule has 0 saturated carbocycles. The lowest BCUT2D eigenvalue weighted by molar-refractivity contribution is 0.103. The third-order valence-electron chi connectivity index (χ3n) is 3.80. The first-order valence-electron chi connectivity index (χ1n) is 8.07. The van der Waals surface area contributed by atoms with Crippen LogP contribution in [0.25, 0.3) is 6.08 Å². The Hall–Kier alpha value is -2.15. The number of hydrogen-bond donors (Lipinski definition) is 0. The zero-order chi connectivity index (χ0) is 15.8. The van der Waals surface area contributed by atoms with E-state index in [-0.39, 0.29) is 5.78 Å². The molecule has 0 aliphatic carbocycles. The van der Waals surface area contributed by atoms with Gasteiger partial charge in [0.05, 0.1) is 0 Å². The average Bonchev–Trinajstić information content (AvgIpc) is 2.55. The first-order chi connectivity index (χ1) is 10.7. The normalized spacial score (nSPS) is 11.5. The first kappa shape index (κ1) is 16.2. The van der Waals surface area contributed by atoms with Crippen LogP contribution in [0.4, 0.5) is 0 Å². The van der Waals surface area contributed by atoms with Crippen LogP contribution in [0.3, 0.4) is 0 Å². The van der Waals surface area contributed by atoms with Crippen molar-refractivity contribution in [2.45, 2.75) is 39.5 Å². The molecule has 2 aromatic carbocycles. The first-order valence-corrected chi connectivity index (χ1v) is 8.07. The molecule has 0 heterocycles. The lowest BCUT2D eigenvalue weighted by Gasteiger charge is -2.08. The van der Waals surface area contributed by atoms with Gasteiger partial charge in [-0.3, -0.25) is 4.79 Å². The van der Waals surface area contributed by atoms with E-state index in [0.717, 1.165) is 42.4 Å². The number of hydrogen-bond acceptors (Lipinski definition) is 1. The van der Waals surface area contributed by atoms with Crippen LogP contribution >= 0.6 is 0 Å². The van der Waals surface area contributed by atoms with Gasteiger partial charge in [-0.2, -0.15) is 0 Å². The molecule has 0 saturated heterocycles. The molecule has 0 unspecified atom stereocenters. The van der Waals surface area contributed by atoms with E-state index in [2.05, 4.69) is 6.92 Å². The van der Waals surface area contributed by atoms with Crippen LogP contribution in [0.5, 0.6) is 0 Å². The summed E-state index contributed by atoms with van der Waals surface area (Å²) in [6.07, 6.45) is 6.27. The van der Waals surface area contributed by atoms with Crippen molar-refractivity contribution in [3.63, 3.8) is 0 Å². The number of ketones is 1. The molecule has 0 bridgehead atoms. The fraction of sp³-hybridized carbons (Fsp3) is 0.286. The van der Waals surface area contributed by atoms with Crippen LogP contribution in [0.15, 0.2) is 60.2 Å². The molecular weight excluding hydrogens is 268 g/mol. The minimum atomic E-state index is 0.153. The van der Waals surface area contributed by atoms with Crippen molar-refractivity contribution < 1.29 is 4.79 Å². The number of Topliss-reactive ketones (excluding diaryl/α,β-unsaturated/α-hetero) is 1. The van der Waals surface area contributed by atoms with Crippen molar-refractivity contribution in [2.24, 2.45) is 0 Å². The van der Waals surface area contributed by atoms with Crippen molar-refractivity contribution >= 4 is 11.9 Å². The van der Waals surface area contributed by atoms with Crippen molar-refractivity contribution in [2.75, 3.05) is 0 Å².